The lowest BCUT2D eigenvalue weighted by Crippen LogP contribution is -2.51. The molecule has 9 heteroatoms. The average Bonchev–Trinajstić information content (AvgIpc) is 2.82. The van der Waals surface area contributed by atoms with E-state index >= 15 is 0 Å². The molecule has 0 unspecified atom stereocenters. The van der Waals surface area contributed by atoms with Crippen molar-refractivity contribution in [2.45, 2.75) is 19.4 Å². The summed E-state index contributed by atoms with van der Waals surface area (Å²) in [7, 11) is 0. The second-order valence-electron chi connectivity index (χ2n) is 8.23. The minimum Gasteiger partial charge on any atom is -0.472 e. The van der Waals surface area contributed by atoms with Crippen LogP contribution in [0.15, 0.2) is 54.9 Å². The molecule has 0 saturated carbocycles. The normalized spacial score (nSPS) is 17.5. The molecule has 2 N–H and O–H groups in total. The maximum absolute atomic E-state index is 13.2. The van der Waals surface area contributed by atoms with Gasteiger partial charge in [0.1, 0.15) is 5.82 Å². The van der Waals surface area contributed by atoms with Gasteiger partial charge in [0.25, 0.3) is 5.91 Å². The Morgan fingerprint density at radius 2 is 1.78 bits per heavy atom. The zero-order chi connectivity index (χ0) is 22.1. The summed E-state index contributed by atoms with van der Waals surface area (Å²) in [5.41, 5.74) is 0.779. The Hall–Kier alpha value is -3.72. The molecule has 0 aliphatic carbocycles. The number of anilines is 5. The van der Waals surface area contributed by atoms with Crippen LogP contribution in [0.2, 0.25) is 0 Å². The van der Waals surface area contributed by atoms with Crippen molar-refractivity contribution >= 4 is 34.9 Å². The van der Waals surface area contributed by atoms with Crippen LogP contribution in [0.5, 0.6) is 5.75 Å². The van der Waals surface area contributed by atoms with Gasteiger partial charge in [-0.1, -0.05) is 18.2 Å². The molecule has 4 heterocycles. The molecule has 5 rings (SSSR count). The van der Waals surface area contributed by atoms with Crippen LogP contribution in [0.25, 0.3) is 0 Å². The maximum atomic E-state index is 13.2. The molecule has 32 heavy (non-hydrogen) atoms. The van der Waals surface area contributed by atoms with Gasteiger partial charge in [0, 0.05) is 26.2 Å². The van der Waals surface area contributed by atoms with Crippen LogP contribution in [0.4, 0.5) is 29.0 Å². The van der Waals surface area contributed by atoms with E-state index in [0.29, 0.717) is 23.3 Å². The minimum atomic E-state index is -1.03. The second-order valence-corrected chi connectivity index (χ2v) is 8.23. The van der Waals surface area contributed by atoms with Gasteiger partial charge in [0.05, 0.1) is 23.8 Å². The van der Waals surface area contributed by atoms with E-state index in [0.717, 1.165) is 37.6 Å². The SMILES string of the molecule is CC1(C)Oc2cnc(Nc3ccc(N4CCNCC4)cn3)nc2N(c2ccccc2)C1=O. The third kappa shape index (κ3) is 3.82. The molecular formula is C23H25N7O2. The standard InChI is InChI=1S/C23H25N7O2/c1-23(2)21(31)30(16-6-4-3-5-7-16)20-18(32-23)15-26-22(28-20)27-19-9-8-17(14-25-19)29-12-10-24-11-13-29/h3-9,14-15,24H,10-13H2,1-2H3,(H,25,26,27,28). The molecule has 1 saturated heterocycles. The van der Waals surface area contributed by atoms with E-state index in [1.807, 2.05) is 48.7 Å². The van der Waals surface area contributed by atoms with Gasteiger partial charge in [0.15, 0.2) is 17.2 Å². The van der Waals surface area contributed by atoms with Gasteiger partial charge in [0.2, 0.25) is 5.95 Å². The average molecular weight is 432 g/mol. The number of para-hydroxylation sites is 1. The Morgan fingerprint density at radius 3 is 2.50 bits per heavy atom. The summed E-state index contributed by atoms with van der Waals surface area (Å²) in [6.07, 6.45) is 3.43. The number of amides is 1. The Morgan fingerprint density at radius 1 is 1.00 bits per heavy atom. The van der Waals surface area contributed by atoms with E-state index in [-0.39, 0.29) is 5.91 Å². The summed E-state index contributed by atoms with van der Waals surface area (Å²) >= 11 is 0. The first-order chi connectivity index (χ1) is 15.5. The number of carbonyl (C=O) groups excluding carboxylic acids is 1. The molecule has 0 radical (unpaired) electrons. The second kappa shape index (κ2) is 8.08. The molecule has 1 fully saturated rings. The van der Waals surface area contributed by atoms with E-state index < -0.39 is 5.60 Å². The maximum Gasteiger partial charge on any atom is 0.276 e. The summed E-state index contributed by atoms with van der Waals surface area (Å²) in [6.45, 7) is 7.34. The molecule has 3 aromatic rings. The molecule has 2 aliphatic heterocycles. The predicted octanol–water partition coefficient (Wildman–Crippen LogP) is 2.86. The highest BCUT2D eigenvalue weighted by atomic mass is 16.5. The lowest BCUT2D eigenvalue weighted by atomic mass is 10.0. The van der Waals surface area contributed by atoms with Gasteiger partial charge in [-0.2, -0.15) is 4.98 Å². The Bertz CT molecular complexity index is 1110. The van der Waals surface area contributed by atoms with Crippen LogP contribution in [-0.2, 0) is 4.79 Å². The van der Waals surface area contributed by atoms with Crippen molar-refractivity contribution in [1.82, 2.24) is 20.3 Å². The smallest absolute Gasteiger partial charge is 0.276 e. The first-order valence-electron chi connectivity index (χ1n) is 10.7. The van der Waals surface area contributed by atoms with Gasteiger partial charge in [-0.15, -0.1) is 0 Å². The quantitative estimate of drug-likeness (QED) is 0.651. The van der Waals surface area contributed by atoms with E-state index in [1.54, 1.807) is 24.9 Å². The van der Waals surface area contributed by atoms with Gasteiger partial charge in [-0.05, 0) is 38.1 Å². The van der Waals surface area contributed by atoms with Crippen molar-refractivity contribution in [3.8, 4) is 5.75 Å². The van der Waals surface area contributed by atoms with Crippen molar-refractivity contribution in [3.63, 3.8) is 0 Å². The van der Waals surface area contributed by atoms with Crippen LogP contribution in [0.1, 0.15) is 13.8 Å². The fraction of sp³-hybridized carbons (Fsp3) is 0.304. The summed E-state index contributed by atoms with van der Waals surface area (Å²) in [5, 5.41) is 6.48. The third-order valence-electron chi connectivity index (χ3n) is 5.52. The summed E-state index contributed by atoms with van der Waals surface area (Å²) in [4.78, 5) is 30.5. The number of benzene rings is 1. The summed E-state index contributed by atoms with van der Waals surface area (Å²) in [6, 6.07) is 13.3. The summed E-state index contributed by atoms with van der Waals surface area (Å²) in [5.74, 6) is 1.61. The molecule has 1 aromatic carbocycles. The van der Waals surface area contributed by atoms with Crippen LogP contribution in [0.3, 0.4) is 0 Å². The number of piperazine rings is 1. The third-order valence-corrected chi connectivity index (χ3v) is 5.52. The van der Waals surface area contributed by atoms with Gasteiger partial charge < -0.3 is 20.3 Å². The first kappa shape index (κ1) is 20.2. The monoisotopic (exact) mass is 431 g/mol. The first-order valence-corrected chi connectivity index (χ1v) is 10.7. The number of carbonyl (C=O) groups is 1. The molecule has 2 aromatic heterocycles. The van der Waals surface area contributed by atoms with Crippen LogP contribution < -0.4 is 25.2 Å². The highest BCUT2D eigenvalue weighted by Crippen LogP contribution is 2.40. The number of hydrogen-bond acceptors (Lipinski definition) is 8. The number of hydrogen-bond donors (Lipinski definition) is 2. The van der Waals surface area contributed by atoms with Gasteiger partial charge in [-0.3, -0.25) is 9.69 Å². The van der Waals surface area contributed by atoms with E-state index in [1.165, 1.54) is 0 Å². The van der Waals surface area contributed by atoms with Crippen molar-refractivity contribution in [3.05, 3.63) is 54.9 Å². The molecule has 0 spiro atoms. The van der Waals surface area contributed by atoms with Crippen molar-refractivity contribution in [1.29, 1.82) is 0 Å². The zero-order valence-electron chi connectivity index (χ0n) is 18.1. The van der Waals surface area contributed by atoms with Crippen LogP contribution >= 0.6 is 0 Å². The van der Waals surface area contributed by atoms with Crippen LogP contribution in [0, 0.1) is 0 Å². The topological polar surface area (TPSA) is 95.5 Å². The van der Waals surface area contributed by atoms with Gasteiger partial charge >= 0.3 is 0 Å². The fourth-order valence-electron chi connectivity index (χ4n) is 3.84. The van der Waals surface area contributed by atoms with E-state index in [4.69, 9.17) is 4.74 Å². The number of nitrogens with zero attached hydrogens (tertiary/aromatic N) is 5. The van der Waals surface area contributed by atoms with Crippen molar-refractivity contribution < 1.29 is 9.53 Å². The molecule has 0 atom stereocenters. The Balaban J connectivity index is 1.42. The largest absolute Gasteiger partial charge is 0.472 e. The van der Waals surface area contributed by atoms with E-state index in [2.05, 4.69) is 30.5 Å². The summed E-state index contributed by atoms with van der Waals surface area (Å²) < 4.78 is 5.90. The van der Waals surface area contributed by atoms with Crippen LogP contribution in [-0.4, -0.2) is 52.6 Å². The number of nitrogens with one attached hydrogen (secondary N) is 2. The molecule has 164 valence electrons. The highest BCUT2D eigenvalue weighted by Gasteiger charge is 2.43. The number of ether oxygens (including phenoxy) is 1. The molecule has 1 amide bonds. The number of rotatable bonds is 4. The molecule has 2 aliphatic rings. The lowest BCUT2D eigenvalue weighted by Gasteiger charge is -2.37. The minimum absolute atomic E-state index is 0.195. The Labute approximate surface area is 186 Å². The zero-order valence-corrected chi connectivity index (χ0v) is 18.1. The number of pyridine rings is 1. The molecule has 9 nitrogen and oxygen atoms in total. The Kier molecular flexibility index (Phi) is 5.10. The highest BCUT2D eigenvalue weighted by molar-refractivity contribution is 6.07. The van der Waals surface area contributed by atoms with E-state index in [9.17, 15) is 4.79 Å². The molecule has 0 bridgehead atoms. The van der Waals surface area contributed by atoms with Gasteiger partial charge in [-0.25, -0.2) is 9.97 Å². The van der Waals surface area contributed by atoms with Crippen molar-refractivity contribution in [2.75, 3.05) is 41.3 Å². The number of aromatic nitrogens is 3. The molecular weight excluding hydrogens is 406 g/mol. The number of fused-ring (bicyclic) bond motifs is 1. The predicted molar refractivity (Wildman–Crippen MR) is 123 cm³/mol. The lowest BCUT2D eigenvalue weighted by molar-refractivity contribution is -0.131. The van der Waals surface area contributed by atoms with Crippen molar-refractivity contribution in [2.24, 2.45) is 0 Å². The fourth-order valence-corrected chi connectivity index (χ4v) is 3.84.